The highest BCUT2D eigenvalue weighted by molar-refractivity contribution is 6.33. The van der Waals surface area contributed by atoms with Crippen LogP contribution in [0.25, 0.3) is 0 Å². The van der Waals surface area contributed by atoms with E-state index in [1.165, 1.54) is 11.9 Å². The minimum absolute atomic E-state index is 0.0112. The van der Waals surface area contributed by atoms with Gasteiger partial charge in [0.1, 0.15) is 0 Å². The van der Waals surface area contributed by atoms with E-state index in [0.29, 0.717) is 10.7 Å². The highest BCUT2D eigenvalue weighted by Gasteiger charge is 2.17. The highest BCUT2D eigenvalue weighted by Crippen LogP contribution is 2.20. The molecule has 1 atom stereocenters. The van der Waals surface area contributed by atoms with E-state index >= 15 is 0 Å². The quantitative estimate of drug-likeness (QED) is 0.686. The molecule has 0 aliphatic carbocycles. The molecule has 0 saturated carbocycles. The first kappa shape index (κ1) is 21.4. The fourth-order valence-corrected chi connectivity index (χ4v) is 2.70. The van der Waals surface area contributed by atoms with Crippen molar-refractivity contribution >= 4 is 35.1 Å². The third-order valence-corrected chi connectivity index (χ3v) is 4.48. The Hall–Kier alpha value is -2.86. The lowest BCUT2D eigenvalue weighted by Gasteiger charge is -2.17. The number of benzene rings is 2. The molecule has 0 aromatic heterocycles. The second-order valence-electron chi connectivity index (χ2n) is 6.45. The molecule has 0 aliphatic heterocycles. The molecule has 2 amide bonds. The van der Waals surface area contributed by atoms with Crippen LogP contribution in [0, 0.1) is 0 Å². The molecule has 6 nitrogen and oxygen atoms in total. The lowest BCUT2D eigenvalue weighted by molar-refractivity contribution is -0.152. The van der Waals surface area contributed by atoms with Crippen LogP contribution in [0.3, 0.4) is 0 Å². The van der Waals surface area contributed by atoms with E-state index in [0.717, 1.165) is 5.56 Å². The van der Waals surface area contributed by atoms with Gasteiger partial charge < -0.3 is 15.0 Å². The molecule has 2 aromatic carbocycles. The van der Waals surface area contributed by atoms with E-state index in [4.69, 9.17) is 16.3 Å². The van der Waals surface area contributed by atoms with Crippen LogP contribution in [0.5, 0.6) is 0 Å². The first-order chi connectivity index (χ1) is 13.4. The number of para-hydroxylation sites is 1. The SMILES string of the molecule is CC(CC(=O)OCC(=O)N(C)CC(=O)Nc1ccccc1Cl)c1ccccc1. The summed E-state index contributed by atoms with van der Waals surface area (Å²) in [6, 6.07) is 16.4. The fourth-order valence-electron chi connectivity index (χ4n) is 2.52. The predicted octanol–water partition coefficient (Wildman–Crippen LogP) is 3.47. The molecule has 0 radical (unpaired) electrons. The number of esters is 1. The Bertz CT molecular complexity index is 826. The zero-order valence-electron chi connectivity index (χ0n) is 15.9. The van der Waals surface area contributed by atoms with Gasteiger partial charge in [-0.15, -0.1) is 0 Å². The van der Waals surface area contributed by atoms with Crippen LogP contribution in [0.2, 0.25) is 5.02 Å². The maximum atomic E-state index is 12.1. The molecule has 1 unspecified atom stereocenters. The van der Waals surface area contributed by atoms with Gasteiger partial charge >= 0.3 is 5.97 Å². The maximum absolute atomic E-state index is 12.1. The lowest BCUT2D eigenvalue weighted by atomic mass is 9.98. The molecule has 2 aromatic rings. The number of hydrogen-bond donors (Lipinski definition) is 1. The van der Waals surface area contributed by atoms with Crippen molar-refractivity contribution in [3.05, 3.63) is 65.2 Å². The van der Waals surface area contributed by atoms with Gasteiger partial charge in [-0.2, -0.15) is 0 Å². The number of halogens is 1. The Balaban J connectivity index is 1.75. The van der Waals surface area contributed by atoms with Crippen LogP contribution in [-0.2, 0) is 19.1 Å². The van der Waals surface area contributed by atoms with Crippen molar-refractivity contribution in [1.82, 2.24) is 4.90 Å². The molecule has 7 heteroatoms. The predicted molar refractivity (Wildman–Crippen MR) is 108 cm³/mol. The zero-order chi connectivity index (χ0) is 20.5. The van der Waals surface area contributed by atoms with Crippen molar-refractivity contribution < 1.29 is 19.1 Å². The summed E-state index contributed by atoms with van der Waals surface area (Å²) >= 11 is 5.98. The molecule has 1 N–H and O–H groups in total. The summed E-state index contributed by atoms with van der Waals surface area (Å²) in [5, 5.41) is 3.04. The number of carbonyl (C=O) groups is 3. The topological polar surface area (TPSA) is 75.7 Å². The van der Waals surface area contributed by atoms with Crippen LogP contribution in [-0.4, -0.2) is 42.9 Å². The number of ether oxygens (including phenoxy) is 1. The third-order valence-electron chi connectivity index (χ3n) is 4.15. The van der Waals surface area contributed by atoms with E-state index in [2.05, 4.69) is 5.32 Å². The summed E-state index contributed by atoms with van der Waals surface area (Å²) in [6.45, 7) is 1.34. The number of nitrogens with zero attached hydrogens (tertiary/aromatic N) is 1. The summed E-state index contributed by atoms with van der Waals surface area (Å²) < 4.78 is 5.05. The Morgan fingerprint density at radius 3 is 2.39 bits per heavy atom. The molecule has 0 heterocycles. The molecular formula is C21H23ClN2O4. The Morgan fingerprint density at radius 2 is 1.71 bits per heavy atom. The third kappa shape index (κ3) is 6.70. The molecule has 28 heavy (non-hydrogen) atoms. The lowest BCUT2D eigenvalue weighted by Crippen LogP contribution is -2.37. The standard InChI is InChI=1S/C21H23ClN2O4/c1-15(16-8-4-3-5-9-16)12-21(27)28-14-20(26)24(2)13-19(25)23-18-11-7-6-10-17(18)22/h3-11,15H,12-14H2,1-2H3,(H,23,25). The van der Waals surface area contributed by atoms with Crippen molar-refractivity contribution in [1.29, 1.82) is 0 Å². The highest BCUT2D eigenvalue weighted by atomic mass is 35.5. The average Bonchev–Trinajstić information content (AvgIpc) is 2.68. The zero-order valence-corrected chi connectivity index (χ0v) is 16.6. The Kier molecular flexibility index (Phi) is 8.02. The summed E-state index contributed by atoms with van der Waals surface area (Å²) in [4.78, 5) is 37.3. The Morgan fingerprint density at radius 1 is 1.07 bits per heavy atom. The van der Waals surface area contributed by atoms with Crippen LogP contribution >= 0.6 is 11.6 Å². The number of amides is 2. The summed E-state index contributed by atoms with van der Waals surface area (Å²) in [5.41, 5.74) is 1.50. The van der Waals surface area contributed by atoms with Crippen LogP contribution in [0.1, 0.15) is 24.8 Å². The number of likely N-dealkylation sites (N-methyl/N-ethyl adjacent to an activating group) is 1. The number of nitrogens with one attached hydrogen (secondary N) is 1. The van der Waals surface area contributed by atoms with Gasteiger partial charge in [-0.05, 0) is 23.6 Å². The monoisotopic (exact) mass is 402 g/mol. The normalized spacial score (nSPS) is 11.4. The van der Waals surface area contributed by atoms with E-state index < -0.39 is 24.4 Å². The van der Waals surface area contributed by atoms with Crippen LogP contribution in [0.15, 0.2) is 54.6 Å². The second-order valence-corrected chi connectivity index (χ2v) is 6.86. The van der Waals surface area contributed by atoms with Crippen molar-refractivity contribution in [2.45, 2.75) is 19.3 Å². The van der Waals surface area contributed by atoms with Crippen molar-refractivity contribution in [3.8, 4) is 0 Å². The summed E-state index contributed by atoms with van der Waals surface area (Å²) in [7, 11) is 1.47. The average molecular weight is 403 g/mol. The maximum Gasteiger partial charge on any atom is 0.306 e. The van der Waals surface area contributed by atoms with Gasteiger partial charge in [-0.25, -0.2) is 0 Å². The fraction of sp³-hybridized carbons (Fsp3) is 0.286. The summed E-state index contributed by atoms with van der Waals surface area (Å²) in [6.07, 6.45) is 0.175. The molecule has 0 fully saturated rings. The number of rotatable bonds is 8. The molecule has 0 aliphatic rings. The van der Waals surface area contributed by atoms with E-state index in [-0.39, 0.29) is 18.9 Å². The van der Waals surface area contributed by atoms with Gasteiger partial charge in [0.2, 0.25) is 5.91 Å². The van der Waals surface area contributed by atoms with E-state index in [9.17, 15) is 14.4 Å². The van der Waals surface area contributed by atoms with Crippen LogP contribution < -0.4 is 5.32 Å². The van der Waals surface area contributed by atoms with Gasteiger partial charge in [0.15, 0.2) is 6.61 Å². The van der Waals surface area contributed by atoms with Crippen LogP contribution in [0.4, 0.5) is 5.69 Å². The van der Waals surface area contributed by atoms with Crippen molar-refractivity contribution in [2.75, 3.05) is 25.5 Å². The van der Waals surface area contributed by atoms with E-state index in [1.807, 2.05) is 37.3 Å². The molecule has 0 saturated heterocycles. The number of carbonyl (C=O) groups excluding carboxylic acids is 3. The van der Waals surface area contributed by atoms with Gasteiger partial charge in [0.25, 0.3) is 5.91 Å². The molecular weight excluding hydrogens is 380 g/mol. The smallest absolute Gasteiger partial charge is 0.306 e. The van der Waals surface area contributed by atoms with Gasteiger partial charge in [0.05, 0.1) is 23.7 Å². The second kappa shape index (κ2) is 10.5. The summed E-state index contributed by atoms with van der Waals surface area (Å²) in [5.74, 6) is -1.33. The first-order valence-corrected chi connectivity index (χ1v) is 9.23. The number of hydrogen-bond acceptors (Lipinski definition) is 4. The number of anilines is 1. The molecule has 2 rings (SSSR count). The van der Waals surface area contributed by atoms with E-state index in [1.54, 1.807) is 24.3 Å². The largest absolute Gasteiger partial charge is 0.456 e. The minimum Gasteiger partial charge on any atom is -0.456 e. The van der Waals surface area contributed by atoms with Gasteiger partial charge in [0, 0.05) is 7.05 Å². The van der Waals surface area contributed by atoms with Crippen molar-refractivity contribution in [3.63, 3.8) is 0 Å². The first-order valence-electron chi connectivity index (χ1n) is 8.85. The van der Waals surface area contributed by atoms with Gasteiger partial charge in [-0.3, -0.25) is 14.4 Å². The Labute approximate surface area is 169 Å². The minimum atomic E-state index is -0.463. The molecule has 0 bridgehead atoms. The molecule has 0 spiro atoms. The van der Waals surface area contributed by atoms with Gasteiger partial charge in [-0.1, -0.05) is 61.0 Å². The van der Waals surface area contributed by atoms with Crippen molar-refractivity contribution in [2.24, 2.45) is 0 Å². The molecule has 148 valence electrons.